The second-order valence-electron chi connectivity index (χ2n) is 6.73. The highest BCUT2D eigenvalue weighted by molar-refractivity contribution is 8.00. The molecule has 0 aromatic heterocycles. The summed E-state index contributed by atoms with van der Waals surface area (Å²) in [5, 5.41) is 0.700. The average molecular weight is 290 g/mol. The van der Waals surface area contributed by atoms with Gasteiger partial charge >= 0.3 is 0 Å². The van der Waals surface area contributed by atoms with Gasteiger partial charge in [0.15, 0.2) is 5.78 Å². The van der Waals surface area contributed by atoms with Gasteiger partial charge in [0.25, 0.3) is 0 Å². The molecule has 1 aliphatic rings. The van der Waals surface area contributed by atoms with Crippen LogP contribution in [0.2, 0.25) is 0 Å². The molecule has 2 heteroatoms. The topological polar surface area (TPSA) is 17.1 Å². The van der Waals surface area contributed by atoms with E-state index in [2.05, 4.69) is 32.9 Å². The van der Waals surface area contributed by atoms with Crippen LogP contribution in [0.25, 0.3) is 0 Å². The number of ketones is 1. The zero-order chi connectivity index (χ0) is 14.8. The van der Waals surface area contributed by atoms with Crippen LogP contribution in [0, 0.1) is 5.41 Å². The van der Waals surface area contributed by atoms with Gasteiger partial charge < -0.3 is 0 Å². The molecule has 1 saturated carbocycles. The van der Waals surface area contributed by atoms with Crippen molar-refractivity contribution in [2.24, 2.45) is 5.41 Å². The van der Waals surface area contributed by atoms with Crippen LogP contribution in [0.15, 0.2) is 23.1 Å². The Morgan fingerprint density at radius 1 is 1.40 bits per heavy atom. The third kappa shape index (κ3) is 3.88. The molecular weight excluding hydrogens is 264 g/mol. The molecule has 0 amide bonds. The smallest absolute Gasteiger partial charge is 0.159 e. The largest absolute Gasteiger partial charge is 0.295 e. The van der Waals surface area contributed by atoms with Crippen molar-refractivity contribution < 1.29 is 4.79 Å². The Labute approximate surface area is 127 Å². The number of benzene rings is 1. The van der Waals surface area contributed by atoms with Gasteiger partial charge in [-0.2, -0.15) is 0 Å². The zero-order valence-electron chi connectivity index (χ0n) is 13.2. The van der Waals surface area contributed by atoms with Crippen molar-refractivity contribution >= 4 is 17.5 Å². The Balaban J connectivity index is 2.18. The van der Waals surface area contributed by atoms with E-state index >= 15 is 0 Å². The van der Waals surface area contributed by atoms with Gasteiger partial charge in [-0.05, 0) is 49.7 Å². The van der Waals surface area contributed by atoms with Gasteiger partial charge in [-0.15, -0.1) is 11.8 Å². The molecule has 2 rings (SSSR count). The lowest BCUT2D eigenvalue weighted by atomic mass is 9.77. The number of hydrogen-bond acceptors (Lipinski definition) is 2. The van der Waals surface area contributed by atoms with E-state index in [-0.39, 0.29) is 5.78 Å². The normalized spacial score (nSPS) is 21.7. The Kier molecular flexibility index (Phi) is 4.95. The molecule has 0 radical (unpaired) electrons. The minimum atomic E-state index is 0.165. The Bertz CT molecular complexity index is 490. The molecule has 0 bridgehead atoms. The number of Topliss-reactive ketones (excluding diaryl/α,β-unsaturated/α-hetero) is 1. The number of rotatable bonds is 4. The molecule has 110 valence electrons. The molecule has 0 N–H and O–H groups in total. The minimum absolute atomic E-state index is 0.165. The molecule has 20 heavy (non-hydrogen) atoms. The van der Waals surface area contributed by atoms with Gasteiger partial charge in [0.2, 0.25) is 0 Å². The maximum atomic E-state index is 11.6. The van der Waals surface area contributed by atoms with Gasteiger partial charge in [-0.1, -0.05) is 39.3 Å². The number of carbonyl (C=O) groups is 1. The monoisotopic (exact) mass is 290 g/mol. The molecule has 1 atom stereocenters. The van der Waals surface area contributed by atoms with Crippen LogP contribution < -0.4 is 0 Å². The molecule has 1 aromatic carbocycles. The molecule has 1 nitrogen and oxygen atoms in total. The lowest BCUT2D eigenvalue weighted by Gasteiger charge is -2.35. The summed E-state index contributed by atoms with van der Waals surface area (Å²) >= 11 is 2.00. The number of thioether (sulfide) groups is 1. The first-order valence-corrected chi connectivity index (χ1v) is 8.60. The van der Waals surface area contributed by atoms with Crippen LogP contribution in [-0.4, -0.2) is 11.0 Å². The van der Waals surface area contributed by atoms with Crippen molar-refractivity contribution in [2.75, 3.05) is 0 Å². The van der Waals surface area contributed by atoms with E-state index in [4.69, 9.17) is 0 Å². The van der Waals surface area contributed by atoms with E-state index in [1.165, 1.54) is 36.1 Å². The highest BCUT2D eigenvalue weighted by Crippen LogP contribution is 2.43. The third-order valence-electron chi connectivity index (χ3n) is 4.31. The van der Waals surface area contributed by atoms with E-state index in [1.807, 2.05) is 17.8 Å². The van der Waals surface area contributed by atoms with E-state index < -0.39 is 0 Å². The standard InChI is InChI=1S/C18H26OS/c1-5-14-8-9-15(13(2)19)11-17(14)20-16-7-6-10-18(3,4)12-16/h8-9,11,16H,5-7,10,12H2,1-4H3. The SMILES string of the molecule is CCc1ccc(C(C)=O)cc1SC1CCCC(C)(C)C1. The van der Waals surface area contributed by atoms with Crippen LogP contribution in [0.1, 0.15) is 69.3 Å². The fourth-order valence-corrected chi connectivity index (χ4v) is 4.82. The fraction of sp³-hybridized carbons (Fsp3) is 0.611. The molecule has 1 aliphatic carbocycles. The summed E-state index contributed by atoms with van der Waals surface area (Å²) in [4.78, 5) is 12.9. The second kappa shape index (κ2) is 6.34. The van der Waals surface area contributed by atoms with Crippen molar-refractivity contribution in [1.29, 1.82) is 0 Å². The van der Waals surface area contributed by atoms with E-state index in [1.54, 1.807) is 6.92 Å². The fourth-order valence-electron chi connectivity index (χ4n) is 3.08. The van der Waals surface area contributed by atoms with Crippen LogP contribution in [0.3, 0.4) is 0 Å². The van der Waals surface area contributed by atoms with Crippen molar-refractivity contribution in [3.63, 3.8) is 0 Å². The minimum Gasteiger partial charge on any atom is -0.295 e. The van der Waals surface area contributed by atoms with Crippen LogP contribution in [0.5, 0.6) is 0 Å². The average Bonchev–Trinajstić information content (AvgIpc) is 2.37. The highest BCUT2D eigenvalue weighted by atomic mass is 32.2. The van der Waals surface area contributed by atoms with Gasteiger partial charge in [-0.25, -0.2) is 0 Å². The van der Waals surface area contributed by atoms with E-state index in [0.29, 0.717) is 10.7 Å². The molecule has 0 aliphatic heterocycles. The lowest BCUT2D eigenvalue weighted by Crippen LogP contribution is -2.24. The maximum Gasteiger partial charge on any atom is 0.159 e. The predicted molar refractivity (Wildman–Crippen MR) is 87.7 cm³/mol. The Morgan fingerprint density at radius 3 is 2.75 bits per heavy atom. The number of aryl methyl sites for hydroxylation is 1. The third-order valence-corrected chi connectivity index (χ3v) is 5.68. The van der Waals surface area contributed by atoms with Gasteiger partial charge in [0.05, 0.1) is 0 Å². The molecular formula is C18H26OS. The van der Waals surface area contributed by atoms with Gasteiger partial charge in [-0.3, -0.25) is 4.79 Å². The molecule has 1 fully saturated rings. The summed E-state index contributed by atoms with van der Waals surface area (Å²) in [7, 11) is 0. The summed E-state index contributed by atoms with van der Waals surface area (Å²) in [5.74, 6) is 0.165. The first kappa shape index (κ1) is 15.6. The van der Waals surface area contributed by atoms with Crippen LogP contribution in [0.4, 0.5) is 0 Å². The number of hydrogen-bond donors (Lipinski definition) is 0. The van der Waals surface area contributed by atoms with Crippen LogP contribution in [-0.2, 0) is 6.42 Å². The molecule has 1 unspecified atom stereocenters. The molecule has 1 aromatic rings. The van der Waals surface area contributed by atoms with Crippen molar-refractivity contribution in [3.05, 3.63) is 29.3 Å². The Hall–Kier alpha value is -0.760. The first-order chi connectivity index (χ1) is 9.41. The van der Waals surface area contributed by atoms with Crippen LogP contribution >= 0.6 is 11.8 Å². The number of carbonyl (C=O) groups excluding carboxylic acids is 1. The zero-order valence-corrected chi connectivity index (χ0v) is 14.0. The summed E-state index contributed by atoms with van der Waals surface area (Å²) in [6.45, 7) is 8.61. The summed E-state index contributed by atoms with van der Waals surface area (Å²) in [6, 6.07) is 6.20. The molecule has 0 saturated heterocycles. The van der Waals surface area contributed by atoms with Crippen molar-refractivity contribution in [1.82, 2.24) is 0 Å². The van der Waals surface area contributed by atoms with Gasteiger partial charge in [0.1, 0.15) is 0 Å². The highest BCUT2D eigenvalue weighted by Gasteiger charge is 2.28. The van der Waals surface area contributed by atoms with Crippen molar-refractivity contribution in [3.8, 4) is 0 Å². The first-order valence-electron chi connectivity index (χ1n) is 7.72. The molecule has 0 spiro atoms. The predicted octanol–water partition coefficient (Wildman–Crippen LogP) is 5.51. The summed E-state index contributed by atoms with van der Waals surface area (Å²) in [6.07, 6.45) is 6.31. The second-order valence-corrected chi connectivity index (χ2v) is 8.07. The molecule has 0 heterocycles. The summed E-state index contributed by atoms with van der Waals surface area (Å²) < 4.78 is 0. The van der Waals surface area contributed by atoms with E-state index in [0.717, 1.165) is 12.0 Å². The van der Waals surface area contributed by atoms with Gasteiger partial charge in [0, 0.05) is 15.7 Å². The lowest BCUT2D eigenvalue weighted by molar-refractivity contribution is 0.101. The quantitative estimate of drug-likeness (QED) is 0.680. The summed E-state index contributed by atoms with van der Waals surface area (Å²) in [5.41, 5.74) is 2.70. The van der Waals surface area contributed by atoms with Crippen molar-refractivity contribution in [2.45, 2.75) is 69.9 Å². The maximum absolute atomic E-state index is 11.6. The Morgan fingerprint density at radius 2 is 2.15 bits per heavy atom. The van der Waals surface area contributed by atoms with E-state index in [9.17, 15) is 4.79 Å².